The molecule has 1 heterocycles. The summed E-state index contributed by atoms with van der Waals surface area (Å²) >= 11 is 0. The molecule has 0 spiro atoms. The summed E-state index contributed by atoms with van der Waals surface area (Å²) in [6.07, 6.45) is 0. The van der Waals surface area contributed by atoms with Crippen molar-refractivity contribution in [1.82, 2.24) is 5.32 Å². The average molecular weight is 405 g/mol. The van der Waals surface area contributed by atoms with E-state index in [1.165, 1.54) is 12.1 Å². The lowest BCUT2D eigenvalue weighted by Gasteiger charge is -2.29. The summed E-state index contributed by atoms with van der Waals surface area (Å²) in [6.45, 7) is 4.17. The first kappa shape index (κ1) is 19.9. The van der Waals surface area contributed by atoms with E-state index in [2.05, 4.69) is 15.5 Å². The summed E-state index contributed by atoms with van der Waals surface area (Å²) in [6, 6.07) is 21.1. The van der Waals surface area contributed by atoms with Gasteiger partial charge in [-0.15, -0.1) is 0 Å². The van der Waals surface area contributed by atoms with Gasteiger partial charge in [-0.25, -0.2) is 4.39 Å². The number of para-hydroxylation sites is 1. The molecule has 0 bridgehead atoms. The number of rotatable bonds is 6. The summed E-state index contributed by atoms with van der Waals surface area (Å²) in [5.41, 5.74) is 3.16. The van der Waals surface area contributed by atoms with E-state index in [0.29, 0.717) is 11.3 Å². The van der Waals surface area contributed by atoms with Crippen LogP contribution in [0.15, 0.2) is 72.8 Å². The Morgan fingerprint density at radius 2 is 1.67 bits per heavy atom. The van der Waals surface area contributed by atoms with E-state index in [0.717, 1.165) is 43.1 Å². The van der Waals surface area contributed by atoms with E-state index in [1.54, 1.807) is 30.3 Å². The van der Waals surface area contributed by atoms with Crippen LogP contribution in [0.25, 0.3) is 0 Å². The molecule has 4 rings (SSSR count). The van der Waals surface area contributed by atoms with Crippen LogP contribution in [0, 0.1) is 5.82 Å². The zero-order valence-corrected chi connectivity index (χ0v) is 16.6. The van der Waals surface area contributed by atoms with E-state index < -0.39 is 0 Å². The van der Waals surface area contributed by atoms with Crippen LogP contribution >= 0.6 is 0 Å². The number of anilines is 2. The first-order valence-electron chi connectivity index (χ1n) is 10.0. The number of hydrogen-bond donors (Lipinski definition) is 2. The minimum atomic E-state index is -0.290. The summed E-state index contributed by atoms with van der Waals surface area (Å²) in [4.78, 5) is 15.1. The maximum Gasteiger partial charge on any atom is 0.259 e. The summed E-state index contributed by atoms with van der Waals surface area (Å²) in [7, 11) is 0. The van der Waals surface area contributed by atoms with Crippen LogP contribution in [-0.4, -0.2) is 32.1 Å². The third-order valence-electron chi connectivity index (χ3n) is 5.05. The van der Waals surface area contributed by atoms with Gasteiger partial charge in [-0.1, -0.05) is 24.3 Å². The molecule has 0 atom stereocenters. The summed E-state index contributed by atoms with van der Waals surface area (Å²) in [5.74, 6) is -0.0436. The van der Waals surface area contributed by atoms with Crippen molar-refractivity contribution in [3.8, 4) is 5.75 Å². The van der Waals surface area contributed by atoms with Gasteiger partial charge in [0.05, 0.1) is 5.56 Å². The lowest BCUT2D eigenvalue weighted by molar-refractivity contribution is 0.102. The lowest BCUT2D eigenvalue weighted by atomic mass is 10.1. The highest BCUT2D eigenvalue weighted by Gasteiger charge is 2.14. The zero-order chi connectivity index (χ0) is 20.8. The second-order valence-electron chi connectivity index (χ2n) is 7.15. The van der Waals surface area contributed by atoms with E-state index in [-0.39, 0.29) is 18.3 Å². The van der Waals surface area contributed by atoms with E-state index >= 15 is 0 Å². The summed E-state index contributed by atoms with van der Waals surface area (Å²) < 4.78 is 18.9. The quantitative estimate of drug-likeness (QED) is 0.649. The molecule has 0 saturated carbocycles. The van der Waals surface area contributed by atoms with Gasteiger partial charge in [-0.2, -0.15) is 0 Å². The third-order valence-corrected chi connectivity index (χ3v) is 5.05. The van der Waals surface area contributed by atoms with Crippen LogP contribution in [0.1, 0.15) is 15.9 Å². The van der Waals surface area contributed by atoms with Crippen LogP contribution in [0.5, 0.6) is 5.75 Å². The molecule has 1 saturated heterocycles. The topological polar surface area (TPSA) is 53.6 Å². The molecule has 154 valence electrons. The van der Waals surface area contributed by atoms with Crippen LogP contribution in [0.3, 0.4) is 0 Å². The monoisotopic (exact) mass is 405 g/mol. The van der Waals surface area contributed by atoms with Crippen molar-refractivity contribution in [3.63, 3.8) is 0 Å². The number of carbonyl (C=O) groups excluding carboxylic acids is 1. The molecular formula is C24H24FN3O2. The smallest absolute Gasteiger partial charge is 0.259 e. The number of nitrogens with zero attached hydrogens (tertiary/aromatic N) is 1. The van der Waals surface area contributed by atoms with Gasteiger partial charge in [0.15, 0.2) is 0 Å². The Bertz CT molecular complexity index is 984. The van der Waals surface area contributed by atoms with E-state index in [4.69, 9.17) is 4.74 Å². The predicted molar refractivity (Wildman–Crippen MR) is 117 cm³/mol. The SMILES string of the molecule is O=C(Nc1ccc(N2CCNCC2)cc1)c1ccccc1OCc1ccc(F)cc1. The van der Waals surface area contributed by atoms with Gasteiger partial charge >= 0.3 is 0 Å². The van der Waals surface area contributed by atoms with Crippen molar-refractivity contribution in [2.24, 2.45) is 0 Å². The molecule has 1 aliphatic heterocycles. The largest absolute Gasteiger partial charge is 0.488 e. The van der Waals surface area contributed by atoms with Gasteiger partial charge in [0.25, 0.3) is 5.91 Å². The molecule has 1 amide bonds. The lowest BCUT2D eigenvalue weighted by Crippen LogP contribution is -2.43. The maximum absolute atomic E-state index is 13.1. The number of piperazine rings is 1. The fourth-order valence-corrected chi connectivity index (χ4v) is 3.40. The third kappa shape index (κ3) is 4.96. The van der Waals surface area contributed by atoms with E-state index in [1.807, 2.05) is 30.3 Å². The molecule has 0 unspecified atom stereocenters. The van der Waals surface area contributed by atoms with Crippen molar-refractivity contribution >= 4 is 17.3 Å². The standard InChI is InChI=1S/C24H24FN3O2/c25-19-7-5-18(6-8-19)17-30-23-4-2-1-3-22(23)24(29)27-20-9-11-21(12-10-20)28-15-13-26-14-16-28/h1-12,26H,13-17H2,(H,27,29). The van der Waals surface area contributed by atoms with Crippen molar-refractivity contribution in [2.75, 3.05) is 36.4 Å². The van der Waals surface area contributed by atoms with Gasteiger partial charge in [0.1, 0.15) is 18.2 Å². The first-order valence-corrected chi connectivity index (χ1v) is 10.0. The first-order chi connectivity index (χ1) is 14.7. The van der Waals surface area contributed by atoms with Crippen LogP contribution in [0.4, 0.5) is 15.8 Å². The molecule has 30 heavy (non-hydrogen) atoms. The normalized spacial score (nSPS) is 13.7. The molecule has 0 aliphatic carbocycles. The number of carbonyl (C=O) groups is 1. The van der Waals surface area contributed by atoms with Crippen LogP contribution in [0.2, 0.25) is 0 Å². The van der Waals surface area contributed by atoms with Gasteiger partial charge in [0.2, 0.25) is 0 Å². The van der Waals surface area contributed by atoms with Gasteiger partial charge in [-0.3, -0.25) is 4.79 Å². The number of benzene rings is 3. The second-order valence-corrected chi connectivity index (χ2v) is 7.15. The van der Waals surface area contributed by atoms with Crippen LogP contribution in [-0.2, 0) is 6.61 Å². The number of halogens is 1. The Morgan fingerprint density at radius 3 is 2.40 bits per heavy atom. The Kier molecular flexibility index (Phi) is 6.25. The Hall–Kier alpha value is -3.38. The minimum absolute atomic E-state index is 0.236. The van der Waals surface area contributed by atoms with Crippen molar-refractivity contribution in [2.45, 2.75) is 6.61 Å². The highest BCUT2D eigenvalue weighted by atomic mass is 19.1. The fraction of sp³-hybridized carbons (Fsp3) is 0.208. The molecule has 5 nitrogen and oxygen atoms in total. The Labute approximate surface area is 175 Å². The van der Waals surface area contributed by atoms with Crippen LogP contribution < -0.4 is 20.3 Å². The molecule has 3 aromatic carbocycles. The number of nitrogens with one attached hydrogen (secondary N) is 2. The molecule has 0 radical (unpaired) electrons. The van der Waals surface area contributed by atoms with Gasteiger partial charge < -0.3 is 20.3 Å². The maximum atomic E-state index is 13.1. The average Bonchev–Trinajstić information content (AvgIpc) is 2.80. The van der Waals surface area contributed by atoms with E-state index in [9.17, 15) is 9.18 Å². The van der Waals surface area contributed by atoms with Gasteiger partial charge in [0, 0.05) is 37.6 Å². The van der Waals surface area contributed by atoms with Crippen molar-refractivity contribution < 1.29 is 13.9 Å². The molecule has 0 aromatic heterocycles. The molecular weight excluding hydrogens is 381 g/mol. The van der Waals surface area contributed by atoms with Crippen molar-refractivity contribution in [1.29, 1.82) is 0 Å². The molecule has 1 aliphatic rings. The Balaban J connectivity index is 1.41. The molecule has 3 aromatic rings. The Morgan fingerprint density at radius 1 is 0.967 bits per heavy atom. The minimum Gasteiger partial charge on any atom is -0.488 e. The highest BCUT2D eigenvalue weighted by Crippen LogP contribution is 2.23. The zero-order valence-electron chi connectivity index (χ0n) is 16.6. The molecule has 6 heteroatoms. The molecule has 2 N–H and O–H groups in total. The van der Waals surface area contributed by atoms with Gasteiger partial charge in [-0.05, 0) is 54.1 Å². The highest BCUT2D eigenvalue weighted by molar-refractivity contribution is 6.06. The number of amides is 1. The fourth-order valence-electron chi connectivity index (χ4n) is 3.40. The predicted octanol–water partition coefficient (Wildman–Crippen LogP) is 4.07. The second kappa shape index (κ2) is 9.41. The number of ether oxygens (including phenoxy) is 1. The number of hydrogen-bond acceptors (Lipinski definition) is 4. The molecule has 1 fully saturated rings. The van der Waals surface area contributed by atoms with Crippen molar-refractivity contribution in [3.05, 3.63) is 89.7 Å². The summed E-state index contributed by atoms with van der Waals surface area (Å²) in [5, 5.41) is 6.28.